The molecule has 0 spiro atoms. The Balaban J connectivity index is 2.02. The summed E-state index contributed by atoms with van der Waals surface area (Å²) < 4.78 is 19.4. The molecule has 1 N–H and O–H groups in total. The largest absolute Gasteiger partial charge is 0.485 e. The molecule has 2 rings (SSSR count). The van der Waals surface area contributed by atoms with Gasteiger partial charge < -0.3 is 10.1 Å². The number of nitrogens with one attached hydrogen (secondary N) is 1. The molecule has 1 unspecified atom stereocenters. The summed E-state index contributed by atoms with van der Waals surface area (Å²) in [5, 5.41) is 5.24. The van der Waals surface area contributed by atoms with Crippen LogP contribution in [0.3, 0.4) is 0 Å². The van der Waals surface area contributed by atoms with E-state index >= 15 is 0 Å². The van der Waals surface area contributed by atoms with E-state index < -0.39 is 0 Å². The molecule has 0 aliphatic rings. The third kappa shape index (κ3) is 3.78. The van der Waals surface area contributed by atoms with Gasteiger partial charge >= 0.3 is 0 Å². The van der Waals surface area contributed by atoms with E-state index in [9.17, 15) is 4.39 Å². The molecule has 0 aliphatic heterocycles. The van der Waals surface area contributed by atoms with Crippen molar-refractivity contribution in [2.24, 2.45) is 0 Å². The molecule has 0 amide bonds. The monoisotopic (exact) mass is 279 g/mol. The molecule has 1 aromatic carbocycles. The maximum absolute atomic E-state index is 13.9. The van der Waals surface area contributed by atoms with Gasteiger partial charge in [0.15, 0.2) is 11.6 Å². The maximum Gasteiger partial charge on any atom is 0.165 e. The minimum Gasteiger partial charge on any atom is -0.485 e. The molecule has 0 aliphatic carbocycles. The summed E-state index contributed by atoms with van der Waals surface area (Å²) in [5.74, 6) is -0.000317. The van der Waals surface area contributed by atoms with Crippen molar-refractivity contribution in [2.75, 3.05) is 6.54 Å². The Morgan fingerprint density at radius 1 is 1.37 bits per heavy atom. The second-order valence-electron chi connectivity index (χ2n) is 4.34. The van der Waals surface area contributed by atoms with E-state index in [0.717, 1.165) is 17.0 Å². The first-order valence-corrected chi connectivity index (χ1v) is 7.26. The molecule has 0 fully saturated rings. The van der Waals surface area contributed by atoms with Crippen LogP contribution >= 0.6 is 11.3 Å². The highest BCUT2D eigenvalue weighted by atomic mass is 32.1. The first-order chi connectivity index (χ1) is 9.20. The molecule has 4 heteroatoms. The summed E-state index contributed by atoms with van der Waals surface area (Å²) in [6.07, 6.45) is 0. The zero-order valence-corrected chi connectivity index (χ0v) is 12.0. The molecule has 0 bridgehead atoms. The van der Waals surface area contributed by atoms with Crippen molar-refractivity contribution in [2.45, 2.75) is 26.5 Å². The van der Waals surface area contributed by atoms with Crippen LogP contribution in [0, 0.1) is 5.82 Å². The third-order valence-corrected chi connectivity index (χ3v) is 3.77. The topological polar surface area (TPSA) is 21.3 Å². The van der Waals surface area contributed by atoms with Crippen LogP contribution in [0.4, 0.5) is 4.39 Å². The van der Waals surface area contributed by atoms with Crippen LogP contribution in [-0.2, 0) is 6.61 Å². The van der Waals surface area contributed by atoms with Crippen molar-refractivity contribution < 1.29 is 9.13 Å². The van der Waals surface area contributed by atoms with Gasteiger partial charge in [0.25, 0.3) is 0 Å². The summed E-state index contributed by atoms with van der Waals surface area (Å²) in [4.78, 5) is 1.09. The highest BCUT2D eigenvalue weighted by Crippen LogP contribution is 2.23. The molecule has 2 aromatic rings. The molecule has 0 saturated heterocycles. The second-order valence-corrected chi connectivity index (χ2v) is 5.37. The second kappa shape index (κ2) is 6.68. The van der Waals surface area contributed by atoms with E-state index in [-0.39, 0.29) is 11.9 Å². The Hall–Kier alpha value is -1.39. The number of halogens is 1. The third-order valence-electron chi connectivity index (χ3n) is 2.92. The molecule has 1 atom stereocenters. The number of hydrogen-bond donors (Lipinski definition) is 1. The number of hydrogen-bond acceptors (Lipinski definition) is 3. The summed E-state index contributed by atoms with van der Waals surface area (Å²) in [5.41, 5.74) is 0.933. The van der Waals surface area contributed by atoms with Gasteiger partial charge in [0.05, 0.1) is 0 Å². The van der Waals surface area contributed by atoms with Crippen LogP contribution in [-0.4, -0.2) is 6.54 Å². The standard InChI is InChI=1S/C15H18FNOS/c1-3-17-11(2)12-6-7-15(14(16)9-12)18-10-13-5-4-8-19-13/h4-9,11,17H,3,10H2,1-2H3. The maximum atomic E-state index is 13.9. The number of benzene rings is 1. The zero-order chi connectivity index (χ0) is 13.7. The first kappa shape index (κ1) is 14.0. The SMILES string of the molecule is CCNC(C)c1ccc(OCc2cccs2)c(F)c1. The molecular formula is C15H18FNOS. The predicted molar refractivity (Wildman–Crippen MR) is 77.1 cm³/mol. The quantitative estimate of drug-likeness (QED) is 0.858. The van der Waals surface area contributed by atoms with Gasteiger partial charge in [-0.15, -0.1) is 11.3 Å². The molecule has 1 heterocycles. The van der Waals surface area contributed by atoms with Gasteiger partial charge in [-0.2, -0.15) is 0 Å². The summed E-state index contributed by atoms with van der Waals surface area (Å²) in [6, 6.07) is 9.22. The minimum absolute atomic E-state index is 0.144. The van der Waals surface area contributed by atoms with Crippen molar-refractivity contribution in [3.63, 3.8) is 0 Å². The average molecular weight is 279 g/mol. The number of ether oxygens (including phenoxy) is 1. The fourth-order valence-electron chi connectivity index (χ4n) is 1.87. The summed E-state index contributed by atoms with van der Waals surface area (Å²) in [7, 11) is 0. The fraction of sp³-hybridized carbons (Fsp3) is 0.333. The molecule has 2 nitrogen and oxygen atoms in total. The van der Waals surface area contributed by atoms with Gasteiger partial charge in [-0.3, -0.25) is 0 Å². The van der Waals surface area contributed by atoms with Crippen molar-refractivity contribution in [3.8, 4) is 5.75 Å². The van der Waals surface area contributed by atoms with E-state index in [1.807, 2.05) is 37.4 Å². The van der Waals surface area contributed by atoms with Crippen LogP contribution < -0.4 is 10.1 Å². The Morgan fingerprint density at radius 3 is 2.84 bits per heavy atom. The van der Waals surface area contributed by atoms with Crippen molar-refractivity contribution in [3.05, 3.63) is 52.0 Å². The lowest BCUT2D eigenvalue weighted by molar-refractivity contribution is 0.293. The van der Waals surface area contributed by atoms with E-state index in [4.69, 9.17) is 4.74 Å². The molecular weight excluding hydrogens is 261 g/mol. The molecule has 1 aromatic heterocycles. The van der Waals surface area contributed by atoms with Crippen molar-refractivity contribution in [1.29, 1.82) is 0 Å². The van der Waals surface area contributed by atoms with E-state index in [0.29, 0.717) is 12.4 Å². The smallest absolute Gasteiger partial charge is 0.165 e. The predicted octanol–water partition coefficient (Wildman–Crippen LogP) is 4.14. The Bertz CT molecular complexity index is 513. The van der Waals surface area contributed by atoms with Crippen LogP contribution in [0.1, 0.15) is 30.3 Å². The first-order valence-electron chi connectivity index (χ1n) is 6.38. The average Bonchev–Trinajstić information content (AvgIpc) is 2.90. The van der Waals surface area contributed by atoms with Gasteiger partial charge in [-0.25, -0.2) is 4.39 Å². The molecule has 19 heavy (non-hydrogen) atoms. The summed E-state index contributed by atoms with van der Waals surface area (Å²) in [6.45, 7) is 5.33. The fourth-order valence-corrected chi connectivity index (χ4v) is 2.49. The van der Waals surface area contributed by atoms with E-state index in [2.05, 4.69) is 5.32 Å². The lowest BCUT2D eigenvalue weighted by Crippen LogP contribution is -2.17. The highest BCUT2D eigenvalue weighted by molar-refractivity contribution is 7.09. The van der Waals surface area contributed by atoms with Crippen LogP contribution in [0.15, 0.2) is 35.7 Å². The van der Waals surface area contributed by atoms with Crippen molar-refractivity contribution in [1.82, 2.24) is 5.32 Å². The zero-order valence-electron chi connectivity index (χ0n) is 11.2. The summed E-state index contributed by atoms with van der Waals surface area (Å²) >= 11 is 1.61. The molecule has 0 saturated carbocycles. The Labute approximate surface area is 117 Å². The normalized spacial score (nSPS) is 12.4. The molecule has 0 radical (unpaired) electrons. The van der Waals surface area contributed by atoms with Gasteiger partial charge in [0.1, 0.15) is 6.61 Å². The van der Waals surface area contributed by atoms with Gasteiger partial charge in [0.2, 0.25) is 0 Å². The van der Waals surface area contributed by atoms with Gasteiger partial charge in [-0.1, -0.05) is 19.1 Å². The van der Waals surface area contributed by atoms with Crippen molar-refractivity contribution >= 4 is 11.3 Å². The lowest BCUT2D eigenvalue weighted by atomic mass is 10.1. The van der Waals surface area contributed by atoms with Crippen LogP contribution in [0.25, 0.3) is 0 Å². The number of rotatable bonds is 6. The van der Waals surface area contributed by atoms with E-state index in [1.54, 1.807) is 17.4 Å². The highest BCUT2D eigenvalue weighted by Gasteiger charge is 2.09. The lowest BCUT2D eigenvalue weighted by Gasteiger charge is -2.14. The molecule has 102 valence electrons. The van der Waals surface area contributed by atoms with Crippen LogP contribution in [0.2, 0.25) is 0 Å². The van der Waals surface area contributed by atoms with Crippen LogP contribution in [0.5, 0.6) is 5.75 Å². The Kier molecular flexibility index (Phi) is 4.93. The van der Waals surface area contributed by atoms with Gasteiger partial charge in [0, 0.05) is 10.9 Å². The van der Waals surface area contributed by atoms with E-state index in [1.165, 1.54) is 6.07 Å². The Morgan fingerprint density at radius 2 is 2.21 bits per heavy atom. The minimum atomic E-state index is -0.307. The number of thiophene rings is 1. The van der Waals surface area contributed by atoms with Gasteiger partial charge in [-0.05, 0) is 42.6 Å².